The molecule has 1 aliphatic rings. The summed E-state index contributed by atoms with van der Waals surface area (Å²) in [5, 5.41) is 3.89. The van der Waals surface area contributed by atoms with Gasteiger partial charge in [0.2, 0.25) is 5.91 Å². The lowest BCUT2D eigenvalue weighted by Crippen LogP contribution is -3.13. The summed E-state index contributed by atoms with van der Waals surface area (Å²) in [6.07, 6.45) is 0. The largest absolute Gasteiger partial charge is 0.342 e. The van der Waals surface area contributed by atoms with Gasteiger partial charge in [-0.25, -0.2) is 4.98 Å². The van der Waals surface area contributed by atoms with E-state index >= 15 is 0 Å². The Morgan fingerprint density at radius 1 is 1.14 bits per heavy atom. The summed E-state index contributed by atoms with van der Waals surface area (Å²) < 4.78 is 1.22. The second kappa shape index (κ2) is 8.38. The number of fused-ring (bicyclic) bond motifs is 1. The number of thiophene rings is 1. The third-order valence-electron chi connectivity index (χ3n) is 4.93. The van der Waals surface area contributed by atoms with Crippen LogP contribution in [0.2, 0.25) is 0 Å². The summed E-state index contributed by atoms with van der Waals surface area (Å²) >= 11 is 3.19. The maximum absolute atomic E-state index is 12.4. The van der Waals surface area contributed by atoms with Crippen LogP contribution in [0.5, 0.6) is 0 Å². The van der Waals surface area contributed by atoms with E-state index in [1.165, 1.54) is 20.9 Å². The van der Waals surface area contributed by atoms with E-state index < -0.39 is 0 Å². The van der Waals surface area contributed by atoms with E-state index in [0.717, 1.165) is 35.0 Å². The molecule has 28 heavy (non-hydrogen) atoms. The lowest BCUT2D eigenvalue weighted by atomic mass is 10.3. The number of thiazole rings is 1. The Hall–Kier alpha value is -2.29. The van der Waals surface area contributed by atoms with Gasteiger partial charge in [0, 0.05) is 4.88 Å². The van der Waals surface area contributed by atoms with Gasteiger partial charge in [0.1, 0.15) is 11.6 Å². The third-order valence-corrected chi connectivity index (χ3v) is 6.96. The number of nitrogens with one attached hydrogen (secondary N) is 2. The zero-order valence-electron chi connectivity index (χ0n) is 15.7. The molecule has 1 fully saturated rings. The molecule has 2 N–H and O–H groups in total. The van der Waals surface area contributed by atoms with Crippen molar-refractivity contribution in [1.29, 1.82) is 0 Å². The van der Waals surface area contributed by atoms with E-state index in [9.17, 15) is 9.59 Å². The monoisotopic (exact) mass is 415 g/mol. The summed E-state index contributed by atoms with van der Waals surface area (Å²) in [4.78, 5) is 34.3. The van der Waals surface area contributed by atoms with Crippen molar-refractivity contribution in [3.63, 3.8) is 0 Å². The Kier molecular flexibility index (Phi) is 5.70. The van der Waals surface area contributed by atoms with Gasteiger partial charge in [-0.1, -0.05) is 12.1 Å². The molecule has 0 saturated carbocycles. The third kappa shape index (κ3) is 4.40. The molecule has 0 aliphatic carbocycles. The first-order valence-corrected chi connectivity index (χ1v) is 11.0. The fourth-order valence-electron chi connectivity index (χ4n) is 3.37. The molecule has 8 heteroatoms. The summed E-state index contributed by atoms with van der Waals surface area (Å²) in [6, 6.07) is 11.9. The highest BCUT2D eigenvalue weighted by Gasteiger charge is 2.25. The molecule has 6 nitrogen and oxygen atoms in total. The van der Waals surface area contributed by atoms with Crippen LogP contribution in [0, 0.1) is 6.92 Å². The number of carbonyl (C=O) groups is 2. The maximum atomic E-state index is 12.4. The number of carbonyl (C=O) groups excluding carboxylic acids is 2. The molecule has 1 aliphatic heterocycles. The number of aryl methyl sites for hydroxylation is 1. The summed E-state index contributed by atoms with van der Waals surface area (Å²) in [6.45, 7) is 6.15. The van der Waals surface area contributed by atoms with E-state index in [0.29, 0.717) is 18.0 Å². The van der Waals surface area contributed by atoms with Crippen molar-refractivity contribution in [2.24, 2.45) is 0 Å². The summed E-state index contributed by atoms with van der Waals surface area (Å²) in [5.41, 5.74) is 1.06. The number of quaternary nitrogens is 1. The standard InChI is InChI=1S/C20H22N4O2S2/c1-14-6-7-17(27-14)20(26)21-12-19(25)24-10-8-23(9-11-24)13-18-22-15-4-2-3-5-16(15)28-18/h2-7H,8-13H2,1H3,(H,21,26)/p+1. The highest BCUT2D eigenvalue weighted by molar-refractivity contribution is 7.18. The molecule has 0 unspecified atom stereocenters. The molecule has 2 aromatic heterocycles. The second-order valence-electron chi connectivity index (χ2n) is 6.98. The fourth-order valence-corrected chi connectivity index (χ4v) is 5.19. The minimum absolute atomic E-state index is 0.0133. The van der Waals surface area contributed by atoms with E-state index in [2.05, 4.69) is 11.4 Å². The van der Waals surface area contributed by atoms with Gasteiger partial charge in [0.05, 0.1) is 47.8 Å². The molecular formula is C20H23N4O2S2+. The van der Waals surface area contributed by atoms with E-state index in [1.807, 2.05) is 36.1 Å². The zero-order chi connectivity index (χ0) is 19.5. The van der Waals surface area contributed by atoms with Crippen LogP contribution in [0.4, 0.5) is 0 Å². The van der Waals surface area contributed by atoms with Gasteiger partial charge in [-0.3, -0.25) is 9.59 Å². The van der Waals surface area contributed by atoms with Crippen molar-refractivity contribution in [3.05, 3.63) is 51.2 Å². The lowest BCUT2D eigenvalue weighted by Gasteiger charge is -2.31. The Morgan fingerprint density at radius 2 is 1.93 bits per heavy atom. The van der Waals surface area contributed by atoms with Gasteiger partial charge < -0.3 is 15.1 Å². The van der Waals surface area contributed by atoms with Gasteiger partial charge in [-0.05, 0) is 31.2 Å². The topological polar surface area (TPSA) is 66.7 Å². The molecule has 0 bridgehead atoms. The van der Waals surface area contributed by atoms with Crippen molar-refractivity contribution in [1.82, 2.24) is 15.2 Å². The predicted molar refractivity (Wildman–Crippen MR) is 112 cm³/mol. The molecule has 4 rings (SSSR count). The van der Waals surface area contributed by atoms with Crippen molar-refractivity contribution >= 4 is 44.7 Å². The number of nitrogens with zero attached hydrogens (tertiary/aromatic N) is 2. The van der Waals surface area contributed by atoms with Gasteiger partial charge >= 0.3 is 0 Å². The molecule has 0 radical (unpaired) electrons. The first kappa shape index (κ1) is 19.0. The van der Waals surface area contributed by atoms with E-state index in [4.69, 9.17) is 4.98 Å². The quantitative estimate of drug-likeness (QED) is 0.661. The Morgan fingerprint density at radius 3 is 2.64 bits per heavy atom. The maximum Gasteiger partial charge on any atom is 0.261 e. The lowest BCUT2D eigenvalue weighted by molar-refractivity contribution is -0.917. The van der Waals surface area contributed by atoms with Gasteiger partial charge in [-0.2, -0.15) is 0 Å². The van der Waals surface area contributed by atoms with E-state index in [-0.39, 0.29) is 18.4 Å². The second-order valence-corrected chi connectivity index (χ2v) is 9.38. The molecule has 1 saturated heterocycles. The number of aromatic nitrogens is 1. The van der Waals surface area contributed by atoms with Crippen LogP contribution < -0.4 is 10.2 Å². The smallest absolute Gasteiger partial charge is 0.261 e. The molecular weight excluding hydrogens is 392 g/mol. The first-order chi connectivity index (χ1) is 13.6. The Labute approximate surface area is 171 Å². The van der Waals surface area contributed by atoms with Crippen molar-refractivity contribution in [3.8, 4) is 0 Å². The zero-order valence-corrected chi connectivity index (χ0v) is 17.4. The van der Waals surface area contributed by atoms with Crippen molar-refractivity contribution < 1.29 is 14.5 Å². The van der Waals surface area contributed by atoms with Crippen LogP contribution >= 0.6 is 22.7 Å². The van der Waals surface area contributed by atoms with Crippen LogP contribution in [-0.2, 0) is 11.3 Å². The molecule has 2 amide bonds. The highest BCUT2D eigenvalue weighted by Crippen LogP contribution is 2.20. The average Bonchev–Trinajstić information content (AvgIpc) is 3.32. The normalized spacial score (nSPS) is 15.1. The Bertz CT molecular complexity index is 956. The van der Waals surface area contributed by atoms with Gasteiger partial charge in [-0.15, -0.1) is 22.7 Å². The average molecular weight is 416 g/mol. The van der Waals surface area contributed by atoms with Crippen LogP contribution in [0.15, 0.2) is 36.4 Å². The molecule has 3 aromatic rings. The number of hydrogen-bond acceptors (Lipinski definition) is 5. The Balaban J connectivity index is 1.24. The highest BCUT2D eigenvalue weighted by atomic mass is 32.1. The fraction of sp³-hybridized carbons (Fsp3) is 0.350. The van der Waals surface area contributed by atoms with Gasteiger partial charge in [0.15, 0.2) is 0 Å². The van der Waals surface area contributed by atoms with Crippen LogP contribution in [0.1, 0.15) is 19.6 Å². The SMILES string of the molecule is Cc1ccc(C(=O)NCC(=O)N2CC[NH+](Cc3nc4ccccc4s3)CC2)s1. The number of hydrogen-bond donors (Lipinski definition) is 2. The number of para-hydroxylation sites is 1. The molecule has 3 heterocycles. The predicted octanol–water partition coefficient (Wildman–Crippen LogP) is 1.32. The first-order valence-electron chi connectivity index (χ1n) is 9.39. The summed E-state index contributed by atoms with van der Waals surface area (Å²) in [5.74, 6) is -0.188. The molecule has 146 valence electrons. The number of piperazine rings is 1. The van der Waals surface area contributed by atoms with Crippen molar-refractivity contribution in [2.45, 2.75) is 13.5 Å². The van der Waals surface area contributed by atoms with Gasteiger partial charge in [0.25, 0.3) is 5.91 Å². The molecule has 1 aromatic carbocycles. The summed E-state index contributed by atoms with van der Waals surface area (Å²) in [7, 11) is 0. The number of amides is 2. The van der Waals surface area contributed by atoms with Crippen molar-refractivity contribution in [2.75, 3.05) is 32.7 Å². The minimum atomic E-state index is -0.174. The molecule has 0 atom stereocenters. The van der Waals surface area contributed by atoms with Crippen LogP contribution in [-0.4, -0.2) is 54.4 Å². The minimum Gasteiger partial charge on any atom is -0.342 e. The van der Waals surface area contributed by atoms with Crippen LogP contribution in [0.3, 0.4) is 0 Å². The van der Waals surface area contributed by atoms with E-state index in [1.54, 1.807) is 17.4 Å². The number of rotatable bonds is 5. The number of benzene rings is 1. The van der Waals surface area contributed by atoms with Crippen LogP contribution in [0.25, 0.3) is 10.2 Å². The molecule has 0 spiro atoms.